The Morgan fingerprint density at radius 2 is 1.63 bits per heavy atom. The van der Waals surface area contributed by atoms with Gasteiger partial charge in [0.1, 0.15) is 18.1 Å². The van der Waals surface area contributed by atoms with E-state index in [0.717, 1.165) is 67.6 Å². The summed E-state index contributed by atoms with van der Waals surface area (Å²) in [6.45, 7) is 3.16. The Morgan fingerprint density at radius 1 is 0.902 bits per heavy atom. The highest BCUT2D eigenvalue weighted by molar-refractivity contribution is 8.24. The molecule has 41 heavy (non-hydrogen) atoms. The van der Waals surface area contributed by atoms with Crippen LogP contribution in [0.15, 0.2) is 60.7 Å². The van der Waals surface area contributed by atoms with Crippen molar-refractivity contribution in [3.05, 3.63) is 82.9 Å². The van der Waals surface area contributed by atoms with Crippen molar-refractivity contribution >= 4 is 16.6 Å². The maximum atomic E-state index is 11.3. The van der Waals surface area contributed by atoms with Crippen molar-refractivity contribution in [3.63, 3.8) is 0 Å². The van der Waals surface area contributed by atoms with E-state index in [1.54, 1.807) is 0 Å². The van der Waals surface area contributed by atoms with Crippen molar-refractivity contribution in [2.45, 2.75) is 70.8 Å². The molecule has 1 saturated heterocycles. The molecule has 3 aromatic rings. The molecule has 0 saturated carbocycles. The molecule has 0 bridgehead atoms. The number of fused-ring (bicyclic) bond motifs is 3. The number of hydrogen-bond donors (Lipinski definition) is 3. The molecule has 1 atom stereocenters. The molecule has 2 aliphatic rings. The minimum absolute atomic E-state index is 0.0260. The van der Waals surface area contributed by atoms with Crippen LogP contribution in [0.1, 0.15) is 73.6 Å². The second-order valence-corrected chi connectivity index (χ2v) is 14.0. The van der Waals surface area contributed by atoms with Crippen molar-refractivity contribution in [1.82, 2.24) is 0 Å². The van der Waals surface area contributed by atoms with Crippen molar-refractivity contribution in [3.8, 4) is 22.6 Å². The zero-order valence-corrected chi connectivity index (χ0v) is 24.7. The van der Waals surface area contributed by atoms with Gasteiger partial charge >= 0.3 is 5.97 Å². The molecule has 1 fully saturated rings. The van der Waals surface area contributed by atoms with Crippen LogP contribution in [-0.2, 0) is 24.2 Å². The van der Waals surface area contributed by atoms with Crippen molar-refractivity contribution in [1.29, 1.82) is 0 Å². The molecule has 5 rings (SSSR count). The maximum absolute atomic E-state index is 11.3. The van der Waals surface area contributed by atoms with Crippen LogP contribution < -0.4 is 9.47 Å². The number of rotatable bonds is 11. The predicted octanol–water partition coefficient (Wildman–Crippen LogP) is 8.32. The average Bonchev–Trinajstić information content (AvgIpc) is 3.14. The molecule has 1 heterocycles. The maximum Gasteiger partial charge on any atom is 0.303 e. The van der Waals surface area contributed by atoms with Crippen LogP contribution in [0.4, 0.5) is 0 Å². The summed E-state index contributed by atoms with van der Waals surface area (Å²) in [5.74, 6) is 2.28. The fourth-order valence-electron chi connectivity index (χ4n) is 6.07. The highest BCUT2D eigenvalue weighted by Gasteiger charge is 2.25. The Hall–Kier alpha value is -3.00. The number of benzene rings is 3. The number of carboxylic acids is 1. The first kappa shape index (κ1) is 29.5. The number of carbonyl (C=O) groups is 1. The van der Waals surface area contributed by atoms with Crippen LogP contribution >= 0.6 is 10.6 Å². The fraction of sp³-hybridized carbons (Fsp3) is 0.441. The molecule has 0 radical (unpaired) electrons. The van der Waals surface area contributed by atoms with Gasteiger partial charge in [0.2, 0.25) is 0 Å². The lowest BCUT2D eigenvalue weighted by atomic mass is 9.91. The van der Waals surface area contributed by atoms with E-state index in [1.807, 2.05) is 24.3 Å². The van der Waals surface area contributed by atoms with Crippen LogP contribution in [0.3, 0.4) is 0 Å². The second kappa shape index (κ2) is 13.3. The number of aryl methyl sites for hydroxylation is 2. The van der Waals surface area contributed by atoms with E-state index in [1.165, 1.54) is 22.3 Å². The van der Waals surface area contributed by atoms with Crippen LogP contribution in [0.25, 0.3) is 11.1 Å². The Morgan fingerprint density at radius 3 is 2.37 bits per heavy atom. The summed E-state index contributed by atoms with van der Waals surface area (Å²) in [7, 11) is -2.36. The van der Waals surface area contributed by atoms with E-state index < -0.39 is 16.6 Å². The Labute approximate surface area is 245 Å². The van der Waals surface area contributed by atoms with E-state index in [9.17, 15) is 19.0 Å². The Balaban J connectivity index is 1.23. The van der Waals surface area contributed by atoms with Gasteiger partial charge < -0.3 is 14.6 Å². The Kier molecular flexibility index (Phi) is 9.58. The van der Waals surface area contributed by atoms with Crippen LogP contribution in [0.5, 0.6) is 11.5 Å². The standard InChI is InChI=1S/C34H42O6S/c1-2-4-28(21-34(35)36)26-9-11-30(12-10-26)39-23-25-7-8-27-5-3-6-29-20-31(13-14-32(29)33(27)19-25)40-22-24-15-17-41(37,38)18-16-24/h7-14,19-20,24,28,37-38H,2-6,15-18,21-23H2,1H3,(H,35,36)/t28-/m0/s1. The average molecular weight is 579 g/mol. The van der Waals surface area contributed by atoms with E-state index in [4.69, 9.17) is 9.47 Å². The summed E-state index contributed by atoms with van der Waals surface area (Å²) in [5.41, 5.74) is 7.32. The summed E-state index contributed by atoms with van der Waals surface area (Å²) in [4.78, 5) is 11.3. The molecule has 7 heteroatoms. The SMILES string of the molecule is CCC[C@@H](CC(=O)O)c1ccc(OCc2ccc3c(c2)-c2ccc(OCC4CCS(O)(O)CC4)cc2CCC3)cc1. The van der Waals surface area contributed by atoms with Gasteiger partial charge in [-0.25, -0.2) is 0 Å². The van der Waals surface area contributed by atoms with Gasteiger partial charge in [0.15, 0.2) is 0 Å². The van der Waals surface area contributed by atoms with Gasteiger partial charge in [0.25, 0.3) is 0 Å². The van der Waals surface area contributed by atoms with Gasteiger partial charge in [0.05, 0.1) is 13.0 Å². The molecule has 3 N–H and O–H groups in total. The lowest BCUT2D eigenvalue weighted by Crippen LogP contribution is -2.24. The largest absolute Gasteiger partial charge is 0.493 e. The second-order valence-electron chi connectivity index (χ2n) is 11.6. The summed E-state index contributed by atoms with van der Waals surface area (Å²) in [6, 6.07) is 20.9. The predicted molar refractivity (Wildman–Crippen MR) is 165 cm³/mol. The summed E-state index contributed by atoms with van der Waals surface area (Å²) >= 11 is 0. The number of ether oxygens (including phenoxy) is 2. The van der Waals surface area contributed by atoms with Crippen LogP contribution in [0, 0.1) is 5.92 Å². The molecule has 0 amide bonds. The molecule has 0 unspecified atom stereocenters. The molecule has 6 nitrogen and oxygen atoms in total. The number of aliphatic carboxylic acids is 1. The fourth-order valence-corrected chi connectivity index (χ4v) is 7.69. The monoisotopic (exact) mass is 578 g/mol. The molecular weight excluding hydrogens is 536 g/mol. The lowest BCUT2D eigenvalue weighted by molar-refractivity contribution is -0.137. The summed E-state index contributed by atoms with van der Waals surface area (Å²) in [6.07, 6.45) is 6.69. The zero-order chi connectivity index (χ0) is 28.8. The normalized spacial score (nSPS) is 17.9. The van der Waals surface area contributed by atoms with Gasteiger partial charge in [0, 0.05) is 11.5 Å². The highest BCUT2D eigenvalue weighted by Crippen LogP contribution is 2.45. The first-order valence-electron chi connectivity index (χ1n) is 14.9. The molecule has 3 aromatic carbocycles. The van der Waals surface area contributed by atoms with E-state index in [-0.39, 0.29) is 12.3 Å². The quantitative estimate of drug-likeness (QED) is 0.212. The molecule has 1 aliphatic carbocycles. The topological polar surface area (TPSA) is 96.2 Å². The minimum atomic E-state index is -2.36. The first-order valence-corrected chi connectivity index (χ1v) is 16.7. The molecular formula is C34H42O6S. The third kappa shape index (κ3) is 7.85. The van der Waals surface area contributed by atoms with Gasteiger partial charge in [-0.3, -0.25) is 13.9 Å². The summed E-state index contributed by atoms with van der Waals surface area (Å²) < 4.78 is 32.0. The number of hydrogen-bond acceptors (Lipinski definition) is 5. The molecule has 220 valence electrons. The number of carboxylic acid groups (broad SMARTS) is 1. The van der Waals surface area contributed by atoms with E-state index in [2.05, 4.69) is 43.3 Å². The van der Waals surface area contributed by atoms with Crippen molar-refractivity contribution in [2.75, 3.05) is 18.1 Å². The van der Waals surface area contributed by atoms with Crippen LogP contribution in [-0.4, -0.2) is 38.3 Å². The minimum Gasteiger partial charge on any atom is -0.493 e. The van der Waals surface area contributed by atoms with Crippen molar-refractivity contribution in [2.24, 2.45) is 5.92 Å². The zero-order valence-electron chi connectivity index (χ0n) is 23.9. The smallest absolute Gasteiger partial charge is 0.303 e. The van der Waals surface area contributed by atoms with Crippen LogP contribution in [0.2, 0.25) is 0 Å². The van der Waals surface area contributed by atoms with Gasteiger partial charge in [-0.15, -0.1) is 0 Å². The van der Waals surface area contributed by atoms with Gasteiger partial charge in [-0.1, -0.05) is 43.7 Å². The van der Waals surface area contributed by atoms with E-state index in [0.29, 0.717) is 30.6 Å². The summed E-state index contributed by atoms with van der Waals surface area (Å²) in [5, 5.41) is 9.26. The lowest BCUT2D eigenvalue weighted by Gasteiger charge is -2.39. The molecule has 0 aromatic heterocycles. The molecule has 0 spiro atoms. The van der Waals surface area contributed by atoms with Gasteiger partial charge in [-0.2, -0.15) is 10.6 Å². The first-order chi connectivity index (χ1) is 19.8. The Bertz CT molecular complexity index is 1330. The van der Waals surface area contributed by atoms with Gasteiger partial charge in [-0.05, 0) is 114 Å². The third-order valence-electron chi connectivity index (χ3n) is 8.44. The van der Waals surface area contributed by atoms with Crippen molar-refractivity contribution < 1.29 is 28.5 Å². The third-order valence-corrected chi connectivity index (χ3v) is 10.2. The highest BCUT2D eigenvalue weighted by atomic mass is 32.3. The van der Waals surface area contributed by atoms with E-state index >= 15 is 0 Å². The molecule has 1 aliphatic heterocycles.